The molecule has 0 saturated heterocycles. The molecule has 0 bridgehead atoms. The predicted octanol–water partition coefficient (Wildman–Crippen LogP) is 3.42. The molecule has 0 aromatic heterocycles. The van der Waals surface area contributed by atoms with Gasteiger partial charge in [-0.05, 0) is 61.6 Å². The Bertz CT molecular complexity index is 463. The van der Waals surface area contributed by atoms with Gasteiger partial charge in [0.1, 0.15) is 5.75 Å². The minimum Gasteiger partial charge on any atom is -0.507 e. The number of halogens is 1. The number of benzene rings is 1. The summed E-state index contributed by atoms with van der Waals surface area (Å²) >= 11 is 2.12. The standard InChI is InChI=1S/C14H18INO2/c1-5-8-16(14(2,3)4)13(18)11-9-10(15)6-7-12(11)17/h5-7,9,17H,1,8H2,2-4H3. The van der Waals surface area contributed by atoms with Crippen molar-refractivity contribution < 1.29 is 9.90 Å². The molecular formula is C14H18INO2. The fourth-order valence-electron chi connectivity index (χ4n) is 1.62. The minimum atomic E-state index is -0.320. The first kappa shape index (κ1) is 15.0. The molecule has 0 saturated carbocycles. The van der Waals surface area contributed by atoms with Gasteiger partial charge in [-0.3, -0.25) is 4.79 Å². The highest BCUT2D eigenvalue weighted by atomic mass is 127. The molecule has 98 valence electrons. The number of amides is 1. The zero-order valence-electron chi connectivity index (χ0n) is 10.9. The third-order valence-corrected chi connectivity index (χ3v) is 3.23. The molecule has 0 heterocycles. The highest BCUT2D eigenvalue weighted by Gasteiger charge is 2.27. The Balaban J connectivity index is 3.17. The van der Waals surface area contributed by atoms with E-state index in [1.165, 1.54) is 0 Å². The lowest BCUT2D eigenvalue weighted by atomic mass is 10.0. The van der Waals surface area contributed by atoms with Gasteiger partial charge in [-0.1, -0.05) is 6.08 Å². The molecule has 1 amide bonds. The second-order valence-electron chi connectivity index (χ2n) is 5.04. The van der Waals surface area contributed by atoms with Crippen molar-refractivity contribution in [2.24, 2.45) is 0 Å². The summed E-state index contributed by atoms with van der Waals surface area (Å²) in [6.45, 7) is 10.00. The van der Waals surface area contributed by atoms with Crippen molar-refractivity contribution in [2.45, 2.75) is 26.3 Å². The van der Waals surface area contributed by atoms with E-state index in [4.69, 9.17) is 0 Å². The Morgan fingerprint density at radius 2 is 2.11 bits per heavy atom. The number of carbonyl (C=O) groups excluding carboxylic acids is 1. The molecule has 18 heavy (non-hydrogen) atoms. The van der Waals surface area contributed by atoms with E-state index in [0.717, 1.165) is 3.57 Å². The quantitative estimate of drug-likeness (QED) is 0.664. The van der Waals surface area contributed by atoms with Gasteiger partial charge in [0.25, 0.3) is 5.91 Å². The predicted molar refractivity (Wildman–Crippen MR) is 81.8 cm³/mol. The number of rotatable bonds is 3. The molecule has 4 heteroatoms. The van der Waals surface area contributed by atoms with E-state index < -0.39 is 0 Å². The molecule has 0 atom stereocenters. The fraction of sp³-hybridized carbons (Fsp3) is 0.357. The average Bonchev–Trinajstić information content (AvgIpc) is 2.27. The van der Waals surface area contributed by atoms with Gasteiger partial charge in [0.15, 0.2) is 0 Å². The molecule has 0 radical (unpaired) electrons. The third kappa shape index (κ3) is 3.48. The normalized spacial score (nSPS) is 11.1. The van der Waals surface area contributed by atoms with Crippen molar-refractivity contribution in [3.63, 3.8) is 0 Å². The Labute approximate surface area is 122 Å². The van der Waals surface area contributed by atoms with Crippen LogP contribution in [0.25, 0.3) is 0 Å². The maximum atomic E-state index is 12.5. The van der Waals surface area contributed by atoms with Crippen LogP contribution in [0.5, 0.6) is 5.75 Å². The van der Waals surface area contributed by atoms with Gasteiger partial charge in [0, 0.05) is 15.7 Å². The second-order valence-corrected chi connectivity index (χ2v) is 6.28. The summed E-state index contributed by atoms with van der Waals surface area (Å²) in [6.07, 6.45) is 1.69. The lowest BCUT2D eigenvalue weighted by molar-refractivity contribution is 0.0613. The number of hydrogen-bond acceptors (Lipinski definition) is 2. The maximum Gasteiger partial charge on any atom is 0.258 e. The summed E-state index contributed by atoms with van der Waals surface area (Å²) in [7, 11) is 0. The van der Waals surface area contributed by atoms with Gasteiger partial charge in [-0.25, -0.2) is 0 Å². The van der Waals surface area contributed by atoms with Crippen LogP contribution < -0.4 is 0 Å². The van der Waals surface area contributed by atoms with Gasteiger partial charge in [-0.15, -0.1) is 6.58 Å². The SMILES string of the molecule is C=CCN(C(=O)c1cc(I)ccc1O)C(C)(C)C. The number of hydrogen-bond donors (Lipinski definition) is 1. The zero-order chi connectivity index (χ0) is 13.9. The smallest absolute Gasteiger partial charge is 0.258 e. The first-order chi connectivity index (χ1) is 8.27. The molecule has 0 spiro atoms. The highest BCUT2D eigenvalue weighted by Crippen LogP contribution is 2.24. The van der Waals surface area contributed by atoms with Crippen LogP contribution in [0.4, 0.5) is 0 Å². The van der Waals surface area contributed by atoms with Crippen molar-refractivity contribution in [1.29, 1.82) is 0 Å². The molecule has 0 unspecified atom stereocenters. The van der Waals surface area contributed by atoms with Gasteiger partial charge in [0.2, 0.25) is 0 Å². The first-order valence-corrected chi connectivity index (χ1v) is 6.76. The van der Waals surface area contributed by atoms with Crippen molar-refractivity contribution in [2.75, 3.05) is 6.54 Å². The van der Waals surface area contributed by atoms with Crippen LogP contribution in [0, 0.1) is 3.57 Å². The van der Waals surface area contributed by atoms with Gasteiger partial charge in [-0.2, -0.15) is 0 Å². The molecule has 0 aliphatic carbocycles. The first-order valence-electron chi connectivity index (χ1n) is 5.68. The van der Waals surface area contributed by atoms with Crippen LogP contribution in [-0.2, 0) is 0 Å². The molecule has 1 aromatic rings. The van der Waals surface area contributed by atoms with E-state index >= 15 is 0 Å². The number of nitrogens with zero attached hydrogens (tertiary/aromatic N) is 1. The van der Waals surface area contributed by atoms with Gasteiger partial charge >= 0.3 is 0 Å². The van der Waals surface area contributed by atoms with Crippen molar-refractivity contribution in [3.8, 4) is 5.75 Å². The van der Waals surface area contributed by atoms with E-state index in [2.05, 4.69) is 29.2 Å². The maximum absolute atomic E-state index is 12.5. The number of phenolic OH excluding ortho intramolecular Hbond substituents is 1. The monoisotopic (exact) mass is 359 g/mol. The van der Waals surface area contributed by atoms with Gasteiger partial charge in [0.05, 0.1) is 5.56 Å². The molecular weight excluding hydrogens is 341 g/mol. The number of aromatic hydroxyl groups is 1. The Kier molecular flexibility index (Phi) is 4.78. The number of carbonyl (C=O) groups is 1. The summed E-state index contributed by atoms with van der Waals surface area (Å²) in [4.78, 5) is 14.2. The summed E-state index contributed by atoms with van der Waals surface area (Å²) in [5, 5.41) is 9.81. The van der Waals surface area contributed by atoms with E-state index in [1.54, 1.807) is 29.2 Å². The molecule has 0 fully saturated rings. The fourth-order valence-corrected chi connectivity index (χ4v) is 2.11. The van der Waals surface area contributed by atoms with Gasteiger partial charge < -0.3 is 10.0 Å². The Hall–Kier alpha value is -1.04. The van der Waals surface area contributed by atoms with Crippen LogP contribution >= 0.6 is 22.6 Å². The van der Waals surface area contributed by atoms with Crippen molar-refractivity contribution in [3.05, 3.63) is 40.0 Å². The van der Waals surface area contributed by atoms with Crippen LogP contribution in [0.15, 0.2) is 30.9 Å². The molecule has 0 aliphatic rings. The minimum absolute atomic E-state index is 0.0127. The summed E-state index contributed by atoms with van der Waals surface area (Å²) in [5.41, 5.74) is 0.0117. The highest BCUT2D eigenvalue weighted by molar-refractivity contribution is 14.1. The molecule has 1 rings (SSSR count). The van der Waals surface area contributed by atoms with E-state index in [1.807, 2.05) is 20.8 Å². The van der Waals surface area contributed by atoms with Crippen molar-refractivity contribution in [1.82, 2.24) is 4.90 Å². The molecule has 3 nitrogen and oxygen atoms in total. The van der Waals surface area contributed by atoms with Crippen LogP contribution in [-0.4, -0.2) is 28.0 Å². The lowest BCUT2D eigenvalue weighted by Gasteiger charge is -2.35. The number of phenols is 1. The molecule has 1 aromatic carbocycles. The zero-order valence-corrected chi connectivity index (χ0v) is 13.1. The molecule has 0 aliphatic heterocycles. The van der Waals surface area contributed by atoms with E-state index in [-0.39, 0.29) is 17.2 Å². The summed E-state index contributed by atoms with van der Waals surface area (Å²) in [6, 6.07) is 5.01. The largest absolute Gasteiger partial charge is 0.507 e. The summed E-state index contributed by atoms with van der Waals surface area (Å²) < 4.78 is 0.918. The average molecular weight is 359 g/mol. The Morgan fingerprint density at radius 1 is 1.50 bits per heavy atom. The lowest BCUT2D eigenvalue weighted by Crippen LogP contribution is -2.45. The molecule has 1 N–H and O–H groups in total. The van der Waals surface area contributed by atoms with Crippen LogP contribution in [0.3, 0.4) is 0 Å². The van der Waals surface area contributed by atoms with Crippen LogP contribution in [0.2, 0.25) is 0 Å². The summed E-state index contributed by atoms with van der Waals surface area (Å²) in [5.74, 6) is -0.169. The van der Waals surface area contributed by atoms with Crippen LogP contribution in [0.1, 0.15) is 31.1 Å². The van der Waals surface area contributed by atoms with E-state index in [0.29, 0.717) is 12.1 Å². The Morgan fingerprint density at radius 3 is 2.61 bits per heavy atom. The second kappa shape index (κ2) is 5.73. The topological polar surface area (TPSA) is 40.5 Å². The third-order valence-electron chi connectivity index (χ3n) is 2.56. The van der Waals surface area contributed by atoms with E-state index in [9.17, 15) is 9.90 Å². The van der Waals surface area contributed by atoms with Crippen molar-refractivity contribution >= 4 is 28.5 Å².